The van der Waals surface area contributed by atoms with Crippen LogP contribution in [0.4, 0.5) is 0 Å². The molecule has 1 aliphatic rings. The van der Waals surface area contributed by atoms with Crippen molar-refractivity contribution in [2.75, 3.05) is 33.2 Å². The summed E-state index contributed by atoms with van der Waals surface area (Å²) >= 11 is 13.2. The summed E-state index contributed by atoms with van der Waals surface area (Å²) in [7, 11) is -1.98. The van der Waals surface area contributed by atoms with Gasteiger partial charge in [-0.25, -0.2) is 13.4 Å². The van der Waals surface area contributed by atoms with Crippen molar-refractivity contribution in [3.8, 4) is 22.5 Å². The summed E-state index contributed by atoms with van der Waals surface area (Å²) in [5.74, 6) is -0.232. The number of piperazine rings is 1. The van der Waals surface area contributed by atoms with Gasteiger partial charge in [0.15, 0.2) is 0 Å². The van der Waals surface area contributed by atoms with E-state index in [-0.39, 0.29) is 21.0 Å². The number of likely N-dealkylation sites (N-methyl/N-ethyl adjacent to an activating group) is 1. The third kappa shape index (κ3) is 4.38. The van der Waals surface area contributed by atoms with E-state index >= 15 is 0 Å². The van der Waals surface area contributed by atoms with E-state index in [1.54, 1.807) is 18.2 Å². The molecule has 4 aromatic rings. The van der Waals surface area contributed by atoms with Crippen molar-refractivity contribution in [2.45, 2.75) is 4.90 Å². The van der Waals surface area contributed by atoms with Crippen LogP contribution < -0.4 is 5.73 Å². The van der Waals surface area contributed by atoms with E-state index in [0.29, 0.717) is 48.2 Å². The molecule has 8 nitrogen and oxygen atoms in total. The summed E-state index contributed by atoms with van der Waals surface area (Å²) in [6.07, 6.45) is 0. The highest BCUT2D eigenvalue weighted by Gasteiger charge is 2.32. The molecular formula is C25H23Cl2N5O3S. The average Bonchev–Trinajstić information content (AvgIpc) is 3.28. The van der Waals surface area contributed by atoms with Crippen molar-refractivity contribution in [1.29, 1.82) is 0 Å². The van der Waals surface area contributed by atoms with E-state index in [4.69, 9.17) is 28.9 Å². The van der Waals surface area contributed by atoms with Crippen LogP contribution in [0.15, 0.2) is 59.5 Å². The SMILES string of the molecule is CN1CCN(S(=O)(=O)c2ccc(C(N)=O)c(Cl)c2-c2ccc(Cl)c(-c3nc4ccccc4[nH]3)c2)CC1. The zero-order valence-corrected chi connectivity index (χ0v) is 21.7. The third-order valence-corrected chi connectivity index (χ3v) is 9.01. The molecular weight excluding hydrogens is 521 g/mol. The molecule has 0 aliphatic carbocycles. The van der Waals surface area contributed by atoms with Gasteiger partial charge in [-0.05, 0) is 49.0 Å². The van der Waals surface area contributed by atoms with Gasteiger partial charge < -0.3 is 15.6 Å². The van der Waals surface area contributed by atoms with Crippen LogP contribution in [0, 0.1) is 0 Å². The number of H-pyrrole nitrogens is 1. The molecule has 1 aromatic heterocycles. The molecule has 1 saturated heterocycles. The minimum atomic E-state index is -3.92. The molecule has 1 amide bonds. The largest absolute Gasteiger partial charge is 0.366 e. The van der Waals surface area contributed by atoms with Crippen molar-refractivity contribution in [1.82, 2.24) is 19.2 Å². The number of primary amides is 1. The first-order valence-electron chi connectivity index (χ1n) is 11.2. The lowest BCUT2D eigenvalue weighted by Gasteiger charge is -2.32. The number of para-hydroxylation sites is 2. The van der Waals surface area contributed by atoms with E-state index in [0.717, 1.165) is 11.0 Å². The number of benzene rings is 3. The van der Waals surface area contributed by atoms with Crippen molar-refractivity contribution in [2.24, 2.45) is 5.73 Å². The number of rotatable bonds is 5. The molecule has 0 spiro atoms. The summed E-state index contributed by atoms with van der Waals surface area (Å²) in [5.41, 5.74) is 8.40. The van der Waals surface area contributed by atoms with Gasteiger partial charge >= 0.3 is 0 Å². The average molecular weight is 544 g/mol. The van der Waals surface area contributed by atoms with Crippen LogP contribution >= 0.6 is 23.2 Å². The fraction of sp³-hybridized carbons (Fsp3) is 0.200. The molecule has 5 rings (SSSR count). The van der Waals surface area contributed by atoms with Gasteiger partial charge in [0.1, 0.15) is 5.82 Å². The normalized spacial score (nSPS) is 15.4. The van der Waals surface area contributed by atoms with Crippen LogP contribution in [0.1, 0.15) is 10.4 Å². The van der Waals surface area contributed by atoms with E-state index in [9.17, 15) is 13.2 Å². The van der Waals surface area contributed by atoms with E-state index in [2.05, 4.69) is 14.9 Å². The standard InChI is InChI=1S/C25H23Cl2N5O3S/c1-31-10-12-32(13-11-31)36(34,35)21-9-7-16(24(28)33)23(27)22(21)15-6-8-18(26)17(14-15)25-29-19-4-2-3-5-20(19)30-25/h2-9,14H,10-13H2,1H3,(H2,28,33)(H,29,30). The molecule has 11 heteroatoms. The van der Waals surface area contributed by atoms with Gasteiger partial charge in [0.05, 0.1) is 31.5 Å². The van der Waals surface area contributed by atoms with Crippen molar-refractivity contribution in [3.05, 3.63) is 70.2 Å². The number of aromatic nitrogens is 2. The summed E-state index contributed by atoms with van der Waals surface area (Å²) in [4.78, 5) is 22.0. The van der Waals surface area contributed by atoms with Gasteiger partial charge in [-0.3, -0.25) is 4.79 Å². The number of imidazole rings is 1. The molecule has 0 unspecified atom stereocenters. The summed E-state index contributed by atoms with van der Waals surface area (Å²) in [5, 5.41) is 0.388. The monoisotopic (exact) mass is 543 g/mol. The second-order valence-corrected chi connectivity index (χ2v) is 11.4. The number of carbonyl (C=O) groups excluding carboxylic acids is 1. The summed E-state index contributed by atoms with van der Waals surface area (Å²) in [6.45, 7) is 1.91. The fourth-order valence-electron chi connectivity index (χ4n) is 4.34. The smallest absolute Gasteiger partial charge is 0.250 e. The third-order valence-electron chi connectivity index (χ3n) is 6.35. The maximum absolute atomic E-state index is 13.7. The lowest BCUT2D eigenvalue weighted by Crippen LogP contribution is -2.47. The van der Waals surface area contributed by atoms with Crippen molar-refractivity contribution in [3.63, 3.8) is 0 Å². The Bertz CT molecular complexity index is 1560. The van der Waals surface area contributed by atoms with Crippen LogP contribution in [0.2, 0.25) is 10.0 Å². The first-order chi connectivity index (χ1) is 17.2. The lowest BCUT2D eigenvalue weighted by atomic mass is 10.00. The molecule has 0 bridgehead atoms. The summed E-state index contributed by atoms with van der Waals surface area (Å²) in [6, 6.07) is 15.3. The van der Waals surface area contributed by atoms with Crippen molar-refractivity contribution >= 4 is 50.2 Å². The van der Waals surface area contributed by atoms with Gasteiger partial charge in [0.25, 0.3) is 0 Å². The number of hydrogen-bond donors (Lipinski definition) is 2. The number of fused-ring (bicyclic) bond motifs is 1. The molecule has 0 atom stereocenters. The number of sulfonamides is 1. The van der Waals surface area contributed by atoms with Crippen LogP contribution in [0.3, 0.4) is 0 Å². The van der Waals surface area contributed by atoms with Crippen LogP contribution in [0.25, 0.3) is 33.5 Å². The predicted molar refractivity (Wildman–Crippen MR) is 142 cm³/mol. The molecule has 3 N–H and O–H groups in total. The van der Waals surface area contributed by atoms with Gasteiger partial charge in [-0.15, -0.1) is 0 Å². The Labute approximate surface area is 218 Å². The molecule has 186 valence electrons. The minimum absolute atomic E-state index is 0.0000634. The number of aromatic amines is 1. The maximum atomic E-state index is 13.7. The Morgan fingerprint density at radius 1 is 1.03 bits per heavy atom. The number of halogens is 2. The lowest BCUT2D eigenvalue weighted by molar-refractivity contribution is 0.100. The number of carbonyl (C=O) groups is 1. The summed E-state index contributed by atoms with van der Waals surface area (Å²) < 4.78 is 28.9. The number of nitrogens with two attached hydrogens (primary N) is 1. The number of hydrogen-bond acceptors (Lipinski definition) is 5. The molecule has 0 radical (unpaired) electrons. The predicted octanol–water partition coefficient (Wildman–Crippen LogP) is 4.24. The zero-order valence-electron chi connectivity index (χ0n) is 19.3. The molecule has 1 aliphatic heterocycles. The zero-order chi connectivity index (χ0) is 25.6. The van der Waals surface area contributed by atoms with Gasteiger partial charge in [0.2, 0.25) is 15.9 Å². The highest BCUT2D eigenvalue weighted by molar-refractivity contribution is 7.89. The minimum Gasteiger partial charge on any atom is -0.366 e. The highest BCUT2D eigenvalue weighted by atomic mass is 35.5. The fourth-order valence-corrected chi connectivity index (χ4v) is 6.61. The quantitative estimate of drug-likeness (QED) is 0.391. The van der Waals surface area contributed by atoms with Gasteiger partial charge in [0, 0.05) is 37.3 Å². The first-order valence-corrected chi connectivity index (χ1v) is 13.4. The van der Waals surface area contributed by atoms with Crippen LogP contribution in [-0.2, 0) is 10.0 Å². The highest BCUT2D eigenvalue weighted by Crippen LogP contribution is 2.40. The number of nitrogens with one attached hydrogen (secondary N) is 1. The molecule has 2 heterocycles. The van der Waals surface area contributed by atoms with Crippen molar-refractivity contribution < 1.29 is 13.2 Å². The molecule has 3 aromatic carbocycles. The van der Waals surface area contributed by atoms with Crippen LogP contribution in [0.5, 0.6) is 0 Å². The van der Waals surface area contributed by atoms with Gasteiger partial charge in [-0.2, -0.15) is 4.31 Å². The second-order valence-electron chi connectivity index (χ2n) is 8.67. The second kappa shape index (κ2) is 9.49. The van der Waals surface area contributed by atoms with E-state index in [1.807, 2.05) is 31.3 Å². The number of nitrogens with zero attached hydrogens (tertiary/aromatic N) is 3. The Balaban J connectivity index is 1.70. The van der Waals surface area contributed by atoms with Crippen LogP contribution in [-0.4, -0.2) is 66.7 Å². The Morgan fingerprint density at radius 2 is 1.75 bits per heavy atom. The maximum Gasteiger partial charge on any atom is 0.250 e. The first kappa shape index (κ1) is 24.7. The Kier molecular flexibility index (Phi) is 6.52. The Morgan fingerprint density at radius 3 is 2.44 bits per heavy atom. The van der Waals surface area contributed by atoms with Gasteiger partial charge in [-0.1, -0.05) is 41.4 Å². The Hall–Kier alpha value is -2.95. The molecule has 36 heavy (non-hydrogen) atoms. The van der Waals surface area contributed by atoms with E-state index < -0.39 is 15.9 Å². The topological polar surface area (TPSA) is 112 Å². The molecule has 0 saturated carbocycles. The molecule has 1 fully saturated rings. The van der Waals surface area contributed by atoms with E-state index in [1.165, 1.54) is 16.4 Å². The number of amides is 1.